The summed E-state index contributed by atoms with van der Waals surface area (Å²) in [5, 5.41) is 3.10. The lowest BCUT2D eigenvalue weighted by atomic mass is 10.1. The van der Waals surface area contributed by atoms with Crippen molar-refractivity contribution >= 4 is 41.5 Å². The van der Waals surface area contributed by atoms with E-state index in [1.807, 2.05) is 43.0 Å². The molecule has 1 aliphatic heterocycles. The number of nitrogens with zero attached hydrogens (tertiary/aromatic N) is 2. The molecule has 0 radical (unpaired) electrons. The third-order valence-electron chi connectivity index (χ3n) is 3.73. The average Bonchev–Trinajstić information content (AvgIpc) is 2.49. The molecule has 24 heavy (non-hydrogen) atoms. The normalized spacial score (nSPS) is 15.8. The second-order valence-corrected chi connectivity index (χ2v) is 6.07. The fraction of sp³-hybridized carbons (Fsp3) is 0.529. The van der Waals surface area contributed by atoms with Crippen molar-refractivity contribution in [1.82, 2.24) is 4.90 Å². The fourth-order valence-electron chi connectivity index (χ4n) is 2.58. The molecule has 1 heterocycles. The van der Waals surface area contributed by atoms with E-state index in [-0.39, 0.29) is 42.0 Å². The van der Waals surface area contributed by atoms with E-state index in [0.29, 0.717) is 5.96 Å². The molecule has 7 heteroatoms. The monoisotopic (exact) mass is 446 g/mol. The van der Waals surface area contributed by atoms with Crippen LogP contribution in [-0.2, 0) is 4.79 Å². The molecule has 0 aliphatic carbocycles. The molecular formula is C17H27IN4O2. The van der Waals surface area contributed by atoms with Gasteiger partial charge in [0.1, 0.15) is 5.75 Å². The second-order valence-electron chi connectivity index (χ2n) is 6.07. The van der Waals surface area contributed by atoms with Crippen molar-refractivity contribution < 1.29 is 9.53 Å². The molecule has 1 fully saturated rings. The predicted octanol–water partition coefficient (Wildman–Crippen LogP) is 2.83. The van der Waals surface area contributed by atoms with Crippen LogP contribution < -0.4 is 15.8 Å². The molecule has 0 bridgehead atoms. The van der Waals surface area contributed by atoms with Gasteiger partial charge in [0.05, 0.1) is 12.1 Å². The summed E-state index contributed by atoms with van der Waals surface area (Å²) in [6.07, 6.45) is 1.85. The van der Waals surface area contributed by atoms with E-state index in [0.717, 1.165) is 37.4 Å². The number of anilines is 1. The Labute approximate surface area is 160 Å². The number of likely N-dealkylation sites (tertiary alicyclic amines) is 1. The van der Waals surface area contributed by atoms with Crippen molar-refractivity contribution in [3.63, 3.8) is 0 Å². The highest BCUT2D eigenvalue weighted by molar-refractivity contribution is 14.0. The number of carbonyl (C=O) groups excluding carboxylic acids is 1. The highest BCUT2D eigenvalue weighted by Gasteiger charge is 2.20. The SMILES string of the molecule is CC(=O)N1CCC(N=C(N)Nc2ccc(OC(C)C)cc2)CC1.I. The van der Waals surface area contributed by atoms with Crippen molar-refractivity contribution in [3.8, 4) is 5.75 Å². The van der Waals surface area contributed by atoms with Crippen LogP contribution in [0.3, 0.4) is 0 Å². The van der Waals surface area contributed by atoms with Crippen LogP contribution in [-0.4, -0.2) is 42.0 Å². The number of ether oxygens (including phenoxy) is 1. The van der Waals surface area contributed by atoms with Crippen LogP contribution in [0.15, 0.2) is 29.3 Å². The summed E-state index contributed by atoms with van der Waals surface area (Å²) in [7, 11) is 0. The van der Waals surface area contributed by atoms with Crippen LogP contribution in [0.1, 0.15) is 33.6 Å². The van der Waals surface area contributed by atoms with Gasteiger partial charge in [-0.1, -0.05) is 0 Å². The number of benzene rings is 1. The highest BCUT2D eigenvalue weighted by atomic mass is 127. The largest absolute Gasteiger partial charge is 0.491 e. The maximum Gasteiger partial charge on any atom is 0.219 e. The average molecular weight is 446 g/mol. The van der Waals surface area contributed by atoms with Gasteiger partial charge in [-0.25, -0.2) is 4.99 Å². The number of rotatable bonds is 4. The molecule has 0 aromatic heterocycles. The predicted molar refractivity (Wildman–Crippen MR) is 108 cm³/mol. The zero-order valence-electron chi connectivity index (χ0n) is 14.5. The Kier molecular flexibility index (Phi) is 8.30. The van der Waals surface area contributed by atoms with E-state index in [9.17, 15) is 4.79 Å². The summed E-state index contributed by atoms with van der Waals surface area (Å²) in [6.45, 7) is 7.09. The van der Waals surface area contributed by atoms with Crippen LogP contribution >= 0.6 is 24.0 Å². The van der Waals surface area contributed by atoms with Gasteiger partial charge < -0.3 is 20.7 Å². The van der Waals surface area contributed by atoms with E-state index in [1.54, 1.807) is 6.92 Å². The number of carbonyl (C=O) groups is 1. The van der Waals surface area contributed by atoms with Crippen LogP contribution in [0.25, 0.3) is 0 Å². The van der Waals surface area contributed by atoms with E-state index >= 15 is 0 Å². The number of amides is 1. The molecule has 0 unspecified atom stereocenters. The third kappa shape index (κ3) is 6.54. The quantitative estimate of drug-likeness (QED) is 0.424. The molecule has 6 nitrogen and oxygen atoms in total. The first-order valence-electron chi connectivity index (χ1n) is 8.06. The first kappa shape index (κ1) is 20.5. The molecule has 1 aromatic rings. The molecule has 1 aromatic carbocycles. The molecule has 1 aliphatic rings. The van der Waals surface area contributed by atoms with Crippen LogP contribution in [0.4, 0.5) is 5.69 Å². The number of aliphatic imine (C=N–C) groups is 1. The minimum atomic E-state index is 0. The highest BCUT2D eigenvalue weighted by Crippen LogP contribution is 2.17. The Balaban J connectivity index is 0.00000288. The molecule has 2 rings (SSSR count). The summed E-state index contributed by atoms with van der Waals surface area (Å²) in [6, 6.07) is 7.81. The van der Waals surface area contributed by atoms with Gasteiger partial charge in [0.15, 0.2) is 5.96 Å². The van der Waals surface area contributed by atoms with Crippen molar-refractivity contribution in [2.75, 3.05) is 18.4 Å². The van der Waals surface area contributed by atoms with Gasteiger partial charge in [-0.15, -0.1) is 24.0 Å². The number of guanidine groups is 1. The number of piperidine rings is 1. The first-order valence-corrected chi connectivity index (χ1v) is 8.06. The van der Waals surface area contributed by atoms with E-state index in [1.165, 1.54) is 0 Å². The lowest BCUT2D eigenvalue weighted by Gasteiger charge is -2.29. The summed E-state index contributed by atoms with van der Waals surface area (Å²) >= 11 is 0. The molecule has 0 spiro atoms. The lowest BCUT2D eigenvalue weighted by molar-refractivity contribution is -0.129. The second kappa shape index (κ2) is 9.71. The Morgan fingerprint density at radius 3 is 2.38 bits per heavy atom. The van der Waals surface area contributed by atoms with Gasteiger partial charge >= 0.3 is 0 Å². The first-order chi connectivity index (χ1) is 10.9. The summed E-state index contributed by atoms with van der Waals surface area (Å²) in [4.78, 5) is 17.7. The van der Waals surface area contributed by atoms with Crippen molar-refractivity contribution in [3.05, 3.63) is 24.3 Å². The fourth-order valence-corrected chi connectivity index (χ4v) is 2.58. The summed E-state index contributed by atoms with van der Waals surface area (Å²) < 4.78 is 5.60. The minimum Gasteiger partial charge on any atom is -0.491 e. The van der Waals surface area contributed by atoms with Crippen LogP contribution in [0.2, 0.25) is 0 Å². The summed E-state index contributed by atoms with van der Waals surface area (Å²) in [5.74, 6) is 1.36. The topological polar surface area (TPSA) is 80.0 Å². The van der Waals surface area contributed by atoms with E-state index in [4.69, 9.17) is 10.5 Å². The number of hydrogen-bond donors (Lipinski definition) is 2. The molecule has 0 atom stereocenters. The summed E-state index contributed by atoms with van der Waals surface area (Å²) in [5.41, 5.74) is 6.86. The molecular weight excluding hydrogens is 419 g/mol. The van der Waals surface area contributed by atoms with Gasteiger partial charge in [0, 0.05) is 25.7 Å². The van der Waals surface area contributed by atoms with E-state index < -0.39 is 0 Å². The number of nitrogens with one attached hydrogen (secondary N) is 1. The lowest BCUT2D eigenvalue weighted by Crippen LogP contribution is -2.39. The number of halogens is 1. The van der Waals surface area contributed by atoms with Gasteiger partial charge in [0.25, 0.3) is 0 Å². The van der Waals surface area contributed by atoms with E-state index in [2.05, 4.69) is 10.3 Å². The van der Waals surface area contributed by atoms with Crippen molar-refractivity contribution in [2.24, 2.45) is 10.7 Å². The Morgan fingerprint density at radius 1 is 1.29 bits per heavy atom. The Bertz CT molecular complexity index is 552. The Hall–Kier alpha value is -1.51. The van der Waals surface area contributed by atoms with Crippen molar-refractivity contribution in [2.45, 2.75) is 45.8 Å². The number of nitrogens with two attached hydrogens (primary N) is 1. The van der Waals surface area contributed by atoms with Crippen LogP contribution in [0.5, 0.6) is 5.75 Å². The smallest absolute Gasteiger partial charge is 0.219 e. The van der Waals surface area contributed by atoms with Gasteiger partial charge in [-0.3, -0.25) is 4.79 Å². The maximum atomic E-state index is 11.3. The third-order valence-corrected chi connectivity index (χ3v) is 3.73. The Morgan fingerprint density at radius 2 is 1.88 bits per heavy atom. The van der Waals surface area contributed by atoms with Gasteiger partial charge in [0.2, 0.25) is 5.91 Å². The molecule has 1 amide bonds. The number of hydrogen-bond acceptors (Lipinski definition) is 3. The molecule has 1 saturated heterocycles. The van der Waals surface area contributed by atoms with Crippen molar-refractivity contribution in [1.29, 1.82) is 0 Å². The maximum absolute atomic E-state index is 11.3. The zero-order valence-corrected chi connectivity index (χ0v) is 16.8. The minimum absolute atomic E-state index is 0. The molecule has 0 saturated carbocycles. The standard InChI is InChI=1S/C17H26N4O2.HI/c1-12(2)23-16-6-4-14(5-7-16)19-17(18)20-15-8-10-21(11-9-15)13(3)22;/h4-7,12,15H,8-11H2,1-3H3,(H3,18,19,20);1H. The van der Waals surface area contributed by atoms with Gasteiger partial charge in [-0.2, -0.15) is 0 Å². The molecule has 134 valence electrons. The molecule has 3 N–H and O–H groups in total. The van der Waals surface area contributed by atoms with Gasteiger partial charge in [-0.05, 0) is 51.0 Å². The van der Waals surface area contributed by atoms with Crippen LogP contribution in [0, 0.1) is 0 Å². The zero-order chi connectivity index (χ0) is 16.8.